The van der Waals surface area contributed by atoms with E-state index in [2.05, 4.69) is 16.1 Å². The third kappa shape index (κ3) is 4.25. The van der Waals surface area contributed by atoms with Crippen LogP contribution in [0.15, 0.2) is 24.5 Å². The van der Waals surface area contributed by atoms with Gasteiger partial charge in [0.05, 0.1) is 6.61 Å². The van der Waals surface area contributed by atoms with E-state index in [-0.39, 0.29) is 13.2 Å². The highest BCUT2D eigenvalue weighted by atomic mass is 19.3. The third-order valence-electron chi connectivity index (χ3n) is 0.978. The molecule has 0 aromatic carbocycles. The van der Waals surface area contributed by atoms with Gasteiger partial charge in [0, 0.05) is 0 Å². The number of halogens is 2. The average Bonchev–Trinajstić information content (AvgIpc) is 2.05. The fraction of sp³-hybridized carbons (Fsp3) is 0.375. The topological polar surface area (TPSA) is 35.5 Å². The van der Waals surface area contributed by atoms with Gasteiger partial charge in [-0.05, 0) is 6.92 Å². The first kappa shape index (κ1) is 11.6. The molecule has 13 heavy (non-hydrogen) atoms. The van der Waals surface area contributed by atoms with Gasteiger partial charge in [-0.3, -0.25) is 0 Å². The van der Waals surface area contributed by atoms with Crippen LogP contribution < -0.4 is 0 Å². The number of hydrogen-bond donors (Lipinski definition) is 0. The van der Waals surface area contributed by atoms with Crippen molar-refractivity contribution in [2.75, 3.05) is 13.2 Å². The van der Waals surface area contributed by atoms with Crippen LogP contribution in [-0.4, -0.2) is 19.2 Å². The molecule has 0 atom stereocenters. The van der Waals surface area contributed by atoms with Crippen LogP contribution in [0.2, 0.25) is 0 Å². The van der Waals surface area contributed by atoms with Crippen LogP contribution in [0.5, 0.6) is 0 Å². The smallest absolute Gasteiger partial charge is 0.379 e. The molecule has 0 saturated carbocycles. The van der Waals surface area contributed by atoms with Crippen molar-refractivity contribution in [1.82, 2.24) is 0 Å². The van der Waals surface area contributed by atoms with E-state index in [4.69, 9.17) is 0 Å². The van der Waals surface area contributed by atoms with Gasteiger partial charge in [-0.2, -0.15) is 8.78 Å². The normalized spacial score (nSPS) is 8.85. The van der Waals surface area contributed by atoms with Crippen LogP contribution in [0.25, 0.3) is 0 Å². The maximum atomic E-state index is 12.0. The molecule has 0 radical (unpaired) electrons. The van der Waals surface area contributed by atoms with Crippen LogP contribution in [0.3, 0.4) is 0 Å². The molecule has 0 unspecified atom stereocenters. The number of esters is 1. The molecule has 0 aliphatic heterocycles. The quantitative estimate of drug-likeness (QED) is 0.288. The van der Waals surface area contributed by atoms with Gasteiger partial charge in [0.2, 0.25) is 0 Å². The molecule has 0 fully saturated rings. The van der Waals surface area contributed by atoms with Gasteiger partial charge < -0.3 is 9.47 Å². The lowest BCUT2D eigenvalue weighted by molar-refractivity contribution is -0.142. The van der Waals surface area contributed by atoms with E-state index in [9.17, 15) is 13.6 Å². The Hall–Kier alpha value is -1.39. The molecule has 0 heterocycles. The summed E-state index contributed by atoms with van der Waals surface area (Å²) in [4.78, 5) is 10.8. The first-order valence-corrected chi connectivity index (χ1v) is 3.59. The number of rotatable bonds is 5. The molecule has 0 aromatic heterocycles. The second-order valence-corrected chi connectivity index (χ2v) is 1.91. The van der Waals surface area contributed by atoms with Gasteiger partial charge in [0.25, 0.3) is 5.76 Å². The van der Waals surface area contributed by atoms with Crippen molar-refractivity contribution in [3.63, 3.8) is 0 Å². The average molecular weight is 192 g/mol. The van der Waals surface area contributed by atoms with Crippen LogP contribution in [0.4, 0.5) is 8.78 Å². The molecular weight excluding hydrogens is 182 g/mol. The summed E-state index contributed by atoms with van der Waals surface area (Å²) in [6.07, 6.45) is -0.942. The lowest BCUT2D eigenvalue weighted by Crippen LogP contribution is -2.11. The number of carbonyl (C=O) groups excluding carboxylic acids is 1. The second kappa shape index (κ2) is 6.16. The van der Waals surface area contributed by atoms with Gasteiger partial charge in [0.1, 0.15) is 6.61 Å². The lowest BCUT2D eigenvalue weighted by atomic mass is 10.5. The molecule has 0 bridgehead atoms. The fourth-order valence-electron chi connectivity index (χ4n) is 0.530. The highest BCUT2D eigenvalue weighted by Crippen LogP contribution is 2.11. The minimum Gasteiger partial charge on any atom is -0.479 e. The molecule has 0 amide bonds. The molecular formula is C8H10F2O3. The SMILES string of the molecule is C=CCOC(C(=O)OCC)=C(F)F. The van der Waals surface area contributed by atoms with Crippen LogP contribution in [-0.2, 0) is 14.3 Å². The van der Waals surface area contributed by atoms with Gasteiger partial charge in [-0.25, -0.2) is 4.79 Å². The maximum absolute atomic E-state index is 12.0. The summed E-state index contributed by atoms with van der Waals surface area (Å²) >= 11 is 0. The Labute approximate surface area is 74.6 Å². The third-order valence-corrected chi connectivity index (χ3v) is 0.978. The Morgan fingerprint density at radius 1 is 1.46 bits per heavy atom. The van der Waals surface area contributed by atoms with Crippen LogP contribution >= 0.6 is 0 Å². The second-order valence-electron chi connectivity index (χ2n) is 1.91. The highest BCUT2D eigenvalue weighted by molar-refractivity contribution is 5.86. The zero-order chi connectivity index (χ0) is 10.3. The van der Waals surface area contributed by atoms with Gasteiger partial charge in [-0.15, -0.1) is 0 Å². The monoisotopic (exact) mass is 192 g/mol. The standard InChI is InChI=1S/C8H10F2O3/c1-3-5-13-6(7(9)10)8(11)12-4-2/h3H,1,4-5H2,2H3. The molecule has 5 heteroatoms. The molecule has 0 N–H and O–H groups in total. The van der Waals surface area contributed by atoms with Crippen molar-refractivity contribution in [1.29, 1.82) is 0 Å². The van der Waals surface area contributed by atoms with Crippen molar-refractivity contribution in [3.8, 4) is 0 Å². The van der Waals surface area contributed by atoms with E-state index in [1.54, 1.807) is 0 Å². The first-order valence-electron chi connectivity index (χ1n) is 3.59. The zero-order valence-corrected chi connectivity index (χ0v) is 7.18. The zero-order valence-electron chi connectivity index (χ0n) is 7.18. The Balaban J connectivity index is 4.35. The molecule has 0 aliphatic carbocycles. The van der Waals surface area contributed by atoms with Gasteiger partial charge in [0.15, 0.2) is 0 Å². The maximum Gasteiger partial charge on any atom is 0.379 e. The number of carbonyl (C=O) groups is 1. The Morgan fingerprint density at radius 3 is 2.46 bits per heavy atom. The largest absolute Gasteiger partial charge is 0.479 e. The molecule has 0 aliphatic rings. The predicted molar refractivity (Wildman–Crippen MR) is 42.0 cm³/mol. The van der Waals surface area contributed by atoms with E-state index < -0.39 is 17.8 Å². The summed E-state index contributed by atoms with van der Waals surface area (Å²) in [5.74, 6) is -2.22. The van der Waals surface area contributed by atoms with Crippen molar-refractivity contribution < 1.29 is 23.0 Å². The fourth-order valence-corrected chi connectivity index (χ4v) is 0.530. The molecule has 3 nitrogen and oxygen atoms in total. The summed E-state index contributed by atoms with van der Waals surface area (Å²) in [6.45, 7) is 4.63. The predicted octanol–water partition coefficient (Wildman–Crippen LogP) is 1.86. The van der Waals surface area contributed by atoms with Crippen molar-refractivity contribution in [2.45, 2.75) is 6.92 Å². The molecule has 0 spiro atoms. The summed E-state index contributed by atoms with van der Waals surface area (Å²) in [7, 11) is 0. The van der Waals surface area contributed by atoms with Gasteiger partial charge >= 0.3 is 12.0 Å². The Bertz CT molecular complexity index is 219. The van der Waals surface area contributed by atoms with E-state index in [1.807, 2.05) is 0 Å². The van der Waals surface area contributed by atoms with E-state index >= 15 is 0 Å². The van der Waals surface area contributed by atoms with E-state index in [1.165, 1.54) is 13.0 Å². The van der Waals surface area contributed by atoms with Crippen molar-refractivity contribution >= 4 is 5.97 Å². The number of hydrogen-bond acceptors (Lipinski definition) is 3. The molecule has 74 valence electrons. The molecule has 0 saturated heterocycles. The number of ether oxygens (including phenoxy) is 2. The Morgan fingerprint density at radius 2 is 2.08 bits per heavy atom. The summed E-state index contributed by atoms with van der Waals surface area (Å²) < 4.78 is 32.8. The minimum atomic E-state index is -2.19. The van der Waals surface area contributed by atoms with Crippen LogP contribution in [0, 0.1) is 0 Å². The van der Waals surface area contributed by atoms with Crippen molar-refractivity contribution in [2.24, 2.45) is 0 Å². The summed E-state index contributed by atoms with van der Waals surface area (Å²) in [5, 5.41) is 0. The van der Waals surface area contributed by atoms with E-state index in [0.717, 1.165) is 0 Å². The summed E-state index contributed by atoms with van der Waals surface area (Å²) in [5.41, 5.74) is 0. The minimum absolute atomic E-state index is 0.0209. The lowest BCUT2D eigenvalue weighted by Gasteiger charge is -2.05. The van der Waals surface area contributed by atoms with E-state index in [0.29, 0.717) is 0 Å². The molecule has 0 rings (SSSR count). The van der Waals surface area contributed by atoms with Crippen molar-refractivity contribution in [3.05, 3.63) is 24.5 Å². The van der Waals surface area contributed by atoms with Gasteiger partial charge in [-0.1, -0.05) is 12.7 Å². The highest BCUT2D eigenvalue weighted by Gasteiger charge is 2.18. The summed E-state index contributed by atoms with van der Waals surface area (Å²) in [6, 6.07) is 0. The first-order chi connectivity index (χ1) is 6.13. The molecule has 0 aromatic rings. The Kier molecular flexibility index (Phi) is 5.50. The van der Waals surface area contributed by atoms with Crippen LogP contribution in [0.1, 0.15) is 6.92 Å².